The largest absolute Gasteiger partial charge is 0.573 e. The van der Waals surface area contributed by atoms with E-state index in [-0.39, 0.29) is 17.9 Å². The normalized spacial score (nSPS) is 11.5. The molecular weight excluding hydrogens is 323 g/mol. The van der Waals surface area contributed by atoms with Crippen molar-refractivity contribution < 1.29 is 22.7 Å². The zero-order valence-corrected chi connectivity index (χ0v) is 12.2. The predicted octanol–water partition coefficient (Wildman–Crippen LogP) is 3.39. The fourth-order valence-electron chi connectivity index (χ4n) is 2.24. The lowest BCUT2D eigenvalue weighted by Crippen LogP contribution is -2.24. The molecule has 24 heavy (non-hydrogen) atoms. The van der Waals surface area contributed by atoms with Crippen LogP contribution < -0.4 is 10.1 Å². The lowest BCUT2D eigenvalue weighted by molar-refractivity contribution is -0.274. The van der Waals surface area contributed by atoms with Gasteiger partial charge in [0.1, 0.15) is 5.75 Å². The fourth-order valence-corrected chi connectivity index (χ4v) is 2.24. The van der Waals surface area contributed by atoms with Crippen molar-refractivity contribution in [1.82, 2.24) is 15.5 Å². The summed E-state index contributed by atoms with van der Waals surface area (Å²) in [5.41, 5.74) is 1.40. The monoisotopic (exact) mass is 335 g/mol. The van der Waals surface area contributed by atoms with E-state index in [1.54, 1.807) is 30.5 Å². The van der Waals surface area contributed by atoms with Gasteiger partial charge in [0.15, 0.2) is 0 Å². The molecule has 124 valence electrons. The third-order valence-electron chi connectivity index (χ3n) is 3.34. The van der Waals surface area contributed by atoms with E-state index < -0.39 is 12.3 Å². The number of nitrogens with zero attached hydrogens (tertiary/aromatic N) is 1. The summed E-state index contributed by atoms with van der Waals surface area (Å²) in [6, 6.07) is 10.6. The molecule has 0 aliphatic heterocycles. The highest BCUT2D eigenvalue weighted by Gasteiger charge is 2.31. The number of para-hydroxylation sites is 1. The van der Waals surface area contributed by atoms with Crippen molar-refractivity contribution in [3.8, 4) is 5.75 Å². The zero-order valence-electron chi connectivity index (χ0n) is 12.2. The van der Waals surface area contributed by atoms with Gasteiger partial charge in [0.05, 0.1) is 11.7 Å². The Balaban J connectivity index is 1.72. The number of halogens is 3. The van der Waals surface area contributed by atoms with Gasteiger partial charge in [-0.05, 0) is 24.3 Å². The molecule has 0 saturated carbocycles. The average Bonchev–Trinajstić information content (AvgIpc) is 2.99. The van der Waals surface area contributed by atoms with Crippen LogP contribution in [0.5, 0.6) is 5.75 Å². The molecule has 5 nitrogen and oxygen atoms in total. The van der Waals surface area contributed by atoms with Crippen molar-refractivity contribution in [2.75, 3.05) is 0 Å². The summed E-state index contributed by atoms with van der Waals surface area (Å²) in [4.78, 5) is 12.2. The average molecular weight is 335 g/mol. The molecule has 8 heteroatoms. The minimum absolute atomic E-state index is 0.0888. The Labute approximate surface area is 134 Å². The van der Waals surface area contributed by atoms with Crippen LogP contribution in [0.25, 0.3) is 10.9 Å². The van der Waals surface area contributed by atoms with Crippen LogP contribution in [0, 0.1) is 0 Å². The molecule has 1 heterocycles. The number of aromatic nitrogens is 2. The highest BCUT2D eigenvalue weighted by Crippen LogP contribution is 2.26. The summed E-state index contributed by atoms with van der Waals surface area (Å²) in [5.74, 6) is -0.740. The molecule has 0 atom stereocenters. The quantitative estimate of drug-likeness (QED) is 0.768. The number of alkyl halides is 3. The summed E-state index contributed by atoms with van der Waals surface area (Å²) < 4.78 is 41.1. The molecular formula is C16H12F3N3O2. The van der Waals surface area contributed by atoms with Crippen LogP contribution >= 0.6 is 0 Å². The first-order chi connectivity index (χ1) is 11.4. The number of amides is 1. The van der Waals surface area contributed by atoms with Gasteiger partial charge in [0.2, 0.25) is 0 Å². The van der Waals surface area contributed by atoms with Gasteiger partial charge in [-0.2, -0.15) is 5.10 Å². The molecule has 0 aliphatic carbocycles. The second-order valence-corrected chi connectivity index (χ2v) is 5.01. The Bertz CT molecular complexity index is 874. The van der Waals surface area contributed by atoms with Crippen LogP contribution in [0.15, 0.2) is 48.7 Å². The number of hydrogen-bond donors (Lipinski definition) is 2. The van der Waals surface area contributed by atoms with E-state index in [4.69, 9.17) is 0 Å². The lowest BCUT2D eigenvalue weighted by Gasteiger charge is -2.13. The van der Waals surface area contributed by atoms with E-state index in [1.807, 2.05) is 0 Å². The van der Waals surface area contributed by atoms with Crippen molar-refractivity contribution in [2.24, 2.45) is 0 Å². The first-order valence-electron chi connectivity index (χ1n) is 6.97. The second-order valence-electron chi connectivity index (χ2n) is 5.01. The first-order valence-corrected chi connectivity index (χ1v) is 6.97. The Morgan fingerprint density at radius 2 is 2.00 bits per heavy atom. The number of H-pyrrole nitrogens is 1. The second kappa shape index (κ2) is 6.23. The first kappa shape index (κ1) is 15.9. The zero-order chi connectivity index (χ0) is 17.2. The summed E-state index contributed by atoms with van der Waals surface area (Å²) >= 11 is 0. The number of carbonyl (C=O) groups excluding carboxylic acids is 1. The lowest BCUT2D eigenvalue weighted by atomic mass is 10.1. The van der Waals surface area contributed by atoms with Crippen molar-refractivity contribution in [3.05, 3.63) is 59.8 Å². The van der Waals surface area contributed by atoms with E-state index in [0.29, 0.717) is 5.56 Å². The molecule has 0 aliphatic rings. The Morgan fingerprint density at radius 3 is 2.79 bits per heavy atom. The minimum Gasteiger partial charge on any atom is -0.405 e. The summed E-state index contributed by atoms with van der Waals surface area (Å²) in [5, 5.41) is 9.98. The molecule has 1 aromatic heterocycles. The Hall–Kier alpha value is -3.03. The van der Waals surface area contributed by atoms with Gasteiger partial charge < -0.3 is 10.1 Å². The number of aromatic amines is 1. The molecule has 0 spiro atoms. The fraction of sp³-hybridized carbons (Fsp3) is 0.125. The van der Waals surface area contributed by atoms with Crippen LogP contribution in [0.2, 0.25) is 0 Å². The maximum atomic E-state index is 12.4. The minimum atomic E-state index is -4.79. The van der Waals surface area contributed by atoms with Gasteiger partial charge in [-0.3, -0.25) is 9.89 Å². The molecule has 3 rings (SSSR count). The molecule has 0 radical (unpaired) electrons. The highest BCUT2D eigenvalue weighted by atomic mass is 19.4. The van der Waals surface area contributed by atoms with E-state index in [0.717, 1.165) is 10.9 Å². The van der Waals surface area contributed by atoms with E-state index >= 15 is 0 Å². The summed E-state index contributed by atoms with van der Waals surface area (Å²) in [7, 11) is 0. The van der Waals surface area contributed by atoms with Crippen molar-refractivity contribution in [1.29, 1.82) is 0 Å². The third-order valence-corrected chi connectivity index (χ3v) is 3.34. The van der Waals surface area contributed by atoms with Gasteiger partial charge >= 0.3 is 6.36 Å². The van der Waals surface area contributed by atoms with Gasteiger partial charge in [0, 0.05) is 23.1 Å². The number of nitrogens with one attached hydrogen (secondary N) is 2. The Morgan fingerprint density at radius 1 is 1.21 bits per heavy atom. The van der Waals surface area contributed by atoms with Crippen LogP contribution in [-0.2, 0) is 6.54 Å². The van der Waals surface area contributed by atoms with Crippen LogP contribution in [0.3, 0.4) is 0 Å². The third kappa shape index (κ3) is 3.65. The molecule has 2 aromatic carbocycles. The Kier molecular flexibility index (Phi) is 4.11. The topological polar surface area (TPSA) is 67.0 Å². The molecule has 0 bridgehead atoms. The van der Waals surface area contributed by atoms with Gasteiger partial charge in [-0.25, -0.2) is 0 Å². The number of ether oxygens (including phenoxy) is 1. The number of fused-ring (bicyclic) bond motifs is 1. The van der Waals surface area contributed by atoms with E-state index in [2.05, 4.69) is 20.3 Å². The van der Waals surface area contributed by atoms with Crippen molar-refractivity contribution in [2.45, 2.75) is 12.9 Å². The summed E-state index contributed by atoms with van der Waals surface area (Å²) in [6.07, 6.45) is -3.20. The van der Waals surface area contributed by atoms with Crippen molar-refractivity contribution in [3.63, 3.8) is 0 Å². The van der Waals surface area contributed by atoms with Gasteiger partial charge in [-0.1, -0.05) is 18.2 Å². The SMILES string of the molecule is O=C(NCc1ccccc1OC(F)(F)F)c1ccc2[nH]ncc2c1. The van der Waals surface area contributed by atoms with Gasteiger partial charge in [-0.15, -0.1) is 13.2 Å². The standard InChI is InChI=1S/C16H12F3N3O2/c17-16(18,19)24-14-4-2-1-3-11(14)8-20-15(23)10-5-6-13-12(7-10)9-21-22-13/h1-7,9H,8H2,(H,20,23)(H,21,22). The van der Waals surface area contributed by atoms with E-state index in [9.17, 15) is 18.0 Å². The molecule has 0 fully saturated rings. The molecule has 1 amide bonds. The predicted molar refractivity (Wildman–Crippen MR) is 80.4 cm³/mol. The van der Waals surface area contributed by atoms with Gasteiger partial charge in [0.25, 0.3) is 5.91 Å². The maximum absolute atomic E-state index is 12.4. The number of rotatable bonds is 4. The van der Waals surface area contributed by atoms with Crippen LogP contribution in [-0.4, -0.2) is 22.5 Å². The molecule has 0 saturated heterocycles. The van der Waals surface area contributed by atoms with Crippen LogP contribution in [0.4, 0.5) is 13.2 Å². The number of carbonyl (C=O) groups is 1. The van der Waals surface area contributed by atoms with Crippen molar-refractivity contribution >= 4 is 16.8 Å². The van der Waals surface area contributed by atoms with Crippen LogP contribution in [0.1, 0.15) is 15.9 Å². The summed E-state index contributed by atoms with van der Waals surface area (Å²) in [6.45, 7) is -0.0888. The number of benzene rings is 2. The molecule has 0 unspecified atom stereocenters. The molecule has 3 aromatic rings. The highest BCUT2D eigenvalue weighted by molar-refractivity contribution is 5.97. The number of hydrogen-bond acceptors (Lipinski definition) is 3. The maximum Gasteiger partial charge on any atom is 0.573 e. The van der Waals surface area contributed by atoms with E-state index in [1.165, 1.54) is 18.2 Å². The molecule has 2 N–H and O–H groups in total. The smallest absolute Gasteiger partial charge is 0.405 e.